The zero-order valence-electron chi connectivity index (χ0n) is 21.3. The van der Waals surface area contributed by atoms with Gasteiger partial charge in [0.25, 0.3) is 0 Å². The molecule has 0 aliphatic rings. The van der Waals surface area contributed by atoms with E-state index in [4.69, 9.17) is 0 Å². The van der Waals surface area contributed by atoms with Gasteiger partial charge in [-0.1, -0.05) is 109 Å². The van der Waals surface area contributed by atoms with Crippen molar-refractivity contribution in [1.82, 2.24) is 0 Å². The first-order chi connectivity index (χ1) is 14.7. The van der Waals surface area contributed by atoms with Gasteiger partial charge in [-0.2, -0.15) is 22.9 Å². The molecular formula is C30H33Cl3SiTi. The molecule has 4 aromatic carbocycles. The third-order valence-corrected chi connectivity index (χ3v) is 8.45. The summed E-state index contributed by atoms with van der Waals surface area (Å²) in [6.07, 6.45) is 0. The van der Waals surface area contributed by atoms with E-state index in [1.807, 2.05) is 0 Å². The fourth-order valence-electron chi connectivity index (χ4n) is 4.78. The quantitative estimate of drug-likeness (QED) is 0.151. The SMILES string of the molecule is Cc1cccc(C(c2cccc(C)c2)(c2cccc(C)c2)c2cc[c-]([Si](C)(C)C)c2)c1.[Cl-].[Cl-].[Cl-].[Ti+4]. The summed E-state index contributed by atoms with van der Waals surface area (Å²) in [6, 6.07) is 34.4. The van der Waals surface area contributed by atoms with E-state index in [0.29, 0.717) is 0 Å². The maximum atomic E-state index is 2.49. The summed E-state index contributed by atoms with van der Waals surface area (Å²) in [6.45, 7) is 13.9. The van der Waals surface area contributed by atoms with Crippen molar-refractivity contribution in [3.8, 4) is 0 Å². The maximum Gasteiger partial charge on any atom is 4.00 e. The van der Waals surface area contributed by atoms with Gasteiger partial charge in [0.2, 0.25) is 0 Å². The Bertz CT molecular complexity index is 1110. The minimum absolute atomic E-state index is 0. The van der Waals surface area contributed by atoms with Crippen LogP contribution < -0.4 is 42.4 Å². The number of benzene rings is 3. The molecule has 0 nitrogen and oxygen atoms in total. The average Bonchev–Trinajstić information content (AvgIpc) is 3.20. The molecule has 0 fully saturated rings. The molecule has 182 valence electrons. The topological polar surface area (TPSA) is 0 Å². The van der Waals surface area contributed by atoms with Crippen molar-refractivity contribution in [3.05, 3.63) is 130 Å². The van der Waals surface area contributed by atoms with E-state index >= 15 is 0 Å². The standard InChI is InChI=1S/C30H33Si.3ClH.Ti/c1-22-10-7-13-25(18-22)30(26-14-8-11-23(2)19-26,27-15-9-12-24(3)20-27)28-16-17-29(21-28)31(4,5)6;;;;/h7-21H,1-6H3;3*1H;/q-1;;;;+4/p-3. The second kappa shape index (κ2) is 13.4. The van der Waals surface area contributed by atoms with Crippen molar-refractivity contribution in [2.45, 2.75) is 45.8 Å². The molecule has 0 N–H and O–H groups in total. The molecule has 0 aromatic heterocycles. The first-order valence-corrected chi connectivity index (χ1v) is 14.7. The summed E-state index contributed by atoms with van der Waals surface area (Å²) < 4.78 is 0. The molecule has 0 aliphatic heterocycles. The Balaban J connectivity index is 0.00000289. The van der Waals surface area contributed by atoms with Crippen LogP contribution in [0.4, 0.5) is 0 Å². The largest absolute Gasteiger partial charge is 4.00 e. The van der Waals surface area contributed by atoms with Crippen LogP contribution in [0.5, 0.6) is 0 Å². The fourth-order valence-corrected chi connectivity index (χ4v) is 5.95. The molecule has 0 saturated carbocycles. The first kappa shape index (κ1) is 33.8. The second-order valence-corrected chi connectivity index (χ2v) is 15.1. The summed E-state index contributed by atoms with van der Waals surface area (Å²) in [4.78, 5) is 0. The fraction of sp³-hybridized carbons (Fsp3) is 0.233. The molecule has 0 amide bonds. The summed E-state index contributed by atoms with van der Waals surface area (Å²) in [5, 5.41) is 1.51. The van der Waals surface area contributed by atoms with Crippen molar-refractivity contribution >= 4 is 13.3 Å². The van der Waals surface area contributed by atoms with Gasteiger partial charge >= 0.3 is 21.7 Å². The molecule has 0 bridgehead atoms. The summed E-state index contributed by atoms with van der Waals surface area (Å²) in [5.74, 6) is 0. The van der Waals surface area contributed by atoms with Crippen LogP contribution in [0.1, 0.15) is 38.9 Å². The van der Waals surface area contributed by atoms with E-state index < -0.39 is 8.07 Å². The predicted molar refractivity (Wildman–Crippen MR) is 138 cm³/mol. The van der Waals surface area contributed by atoms with Crippen LogP contribution in [-0.4, -0.2) is 8.07 Å². The van der Waals surface area contributed by atoms with Gasteiger partial charge < -0.3 is 37.2 Å². The van der Waals surface area contributed by atoms with Gasteiger partial charge in [0.15, 0.2) is 0 Å². The van der Waals surface area contributed by atoms with Crippen molar-refractivity contribution in [1.29, 1.82) is 0 Å². The minimum Gasteiger partial charge on any atom is -1.00 e. The molecule has 0 atom stereocenters. The van der Waals surface area contributed by atoms with Gasteiger partial charge in [-0.05, 0) is 37.5 Å². The summed E-state index contributed by atoms with van der Waals surface area (Å²) >= 11 is 0. The number of hydrogen-bond donors (Lipinski definition) is 0. The summed E-state index contributed by atoms with van der Waals surface area (Å²) in [5.41, 5.74) is 8.88. The monoisotopic (exact) mass is 574 g/mol. The van der Waals surface area contributed by atoms with Crippen LogP contribution in [0.15, 0.2) is 91.0 Å². The molecule has 0 unspecified atom stereocenters. The molecule has 5 heteroatoms. The van der Waals surface area contributed by atoms with Crippen LogP contribution >= 0.6 is 0 Å². The van der Waals surface area contributed by atoms with Gasteiger partial charge in [0.05, 0.1) is 0 Å². The average molecular weight is 576 g/mol. The molecular weight excluding hydrogens is 543 g/mol. The molecule has 4 aromatic rings. The molecule has 35 heavy (non-hydrogen) atoms. The van der Waals surface area contributed by atoms with Crippen molar-refractivity contribution < 1.29 is 58.9 Å². The third kappa shape index (κ3) is 6.77. The predicted octanol–water partition coefficient (Wildman–Crippen LogP) is -1.73. The third-order valence-electron chi connectivity index (χ3n) is 6.41. The zero-order chi connectivity index (χ0) is 22.2. The first-order valence-electron chi connectivity index (χ1n) is 11.2. The van der Waals surface area contributed by atoms with Gasteiger partial charge in [-0.3, -0.25) is 0 Å². The van der Waals surface area contributed by atoms with Crippen LogP contribution in [-0.2, 0) is 27.1 Å². The van der Waals surface area contributed by atoms with E-state index in [-0.39, 0.29) is 64.4 Å². The Labute approximate surface area is 246 Å². The smallest absolute Gasteiger partial charge is 1.00 e. The Hall–Kier alpha value is -1.19. The Morgan fingerprint density at radius 1 is 0.571 bits per heavy atom. The molecule has 0 radical (unpaired) electrons. The van der Waals surface area contributed by atoms with Crippen molar-refractivity contribution in [3.63, 3.8) is 0 Å². The number of aryl methyl sites for hydroxylation is 3. The van der Waals surface area contributed by atoms with Crippen LogP contribution in [0.25, 0.3) is 0 Å². The van der Waals surface area contributed by atoms with Crippen molar-refractivity contribution in [2.75, 3.05) is 0 Å². The number of rotatable bonds is 5. The van der Waals surface area contributed by atoms with E-state index in [1.54, 1.807) is 0 Å². The van der Waals surface area contributed by atoms with Gasteiger partial charge in [-0.15, -0.1) is 0 Å². The van der Waals surface area contributed by atoms with Crippen LogP contribution in [0, 0.1) is 20.8 Å². The van der Waals surface area contributed by atoms with Crippen LogP contribution in [0.3, 0.4) is 0 Å². The number of hydrogen-bond acceptors (Lipinski definition) is 0. The molecule has 0 aliphatic carbocycles. The van der Waals surface area contributed by atoms with E-state index in [2.05, 4.69) is 131 Å². The van der Waals surface area contributed by atoms with E-state index in [9.17, 15) is 0 Å². The minimum atomic E-state index is -1.43. The molecule has 0 heterocycles. The second-order valence-electron chi connectivity index (χ2n) is 10.00. The normalized spacial score (nSPS) is 10.8. The number of halogens is 3. The Morgan fingerprint density at radius 3 is 1.23 bits per heavy atom. The maximum absolute atomic E-state index is 2.49. The van der Waals surface area contributed by atoms with E-state index in [1.165, 1.54) is 44.1 Å². The Morgan fingerprint density at radius 2 is 0.943 bits per heavy atom. The molecule has 0 saturated heterocycles. The van der Waals surface area contributed by atoms with E-state index in [0.717, 1.165) is 0 Å². The van der Waals surface area contributed by atoms with Gasteiger partial charge in [0, 0.05) is 13.5 Å². The van der Waals surface area contributed by atoms with Crippen LogP contribution in [0.2, 0.25) is 19.6 Å². The van der Waals surface area contributed by atoms with Gasteiger partial charge in [-0.25, -0.2) is 6.07 Å². The molecule has 0 spiro atoms. The van der Waals surface area contributed by atoms with Crippen molar-refractivity contribution in [2.24, 2.45) is 0 Å². The van der Waals surface area contributed by atoms with Gasteiger partial charge in [0.1, 0.15) is 0 Å². The summed E-state index contributed by atoms with van der Waals surface area (Å²) in [7, 11) is -1.43. The zero-order valence-corrected chi connectivity index (χ0v) is 26.1. The Kier molecular flexibility index (Phi) is 12.9. The molecule has 4 rings (SSSR count).